The number of hydrogen-bond acceptors (Lipinski definition) is 1. The second-order valence-corrected chi connectivity index (χ2v) is 3.10. The molecule has 0 radical (unpaired) electrons. The molecule has 0 unspecified atom stereocenters. The number of hydrogen-bond donors (Lipinski definition) is 0. The maximum absolute atomic E-state index is 5.97. The van der Waals surface area contributed by atoms with E-state index in [9.17, 15) is 0 Å². The van der Waals surface area contributed by atoms with Crippen molar-refractivity contribution >= 4 is 17.5 Å². The lowest BCUT2D eigenvalue weighted by Crippen LogP contribution is -2.19. The minimum Gasteiger partial charge on any atom is -0.283 e. The summed E-state index contributed by atoms with van der Waals surface area (Å²) in [4.78, 5) is 0. The van der Waals surface area contributed by atoms with Gasteiger partial charge < -0.3 is 0 Å². The van der Waals surface area contributed by atoms with E-state index in [4.69, 9.17) is 11.8 Å². The van der Waals surface area contributed by atoms with Gasteiger partial charge in [-0.15, -0.1) is 0 Å². The fourth-order valence-electron chi connectivity index (χ4n) is 0.869. The average molecular weight is 170 g/mol. The van der Waals surface area contributed by atoms with Crippen LogP contribution < -0.4 is 4.42 Å². The van der Waals surface area contributed by atoms with Crippen LogP contribution >= 0.6 is 11.8 Å². The highest BCUT2D eigenvalue weighted by Crippen LogP contribution is 2.17. The van der Waals surface area contributed by atoms with Gasteiger partial charge in [-0.05, 0) is 26.0 Å². The van der Waals surface area contributed by atoms with Crippen LogP contribution in [0.5, 0.6) is 0 Å². The Morgan fingerprint density at radius 3 is 2.18 bits per heavy atom. The summed E-state index contributed by atoms with van der Waals surface area (Å²) in [6.07, 6.45) is 0. The average Bonchev–Trinajstić information content (AvgIpc) is 2.05. The number of rotatable bonds is 2. The third-order valence-corrected chi connectivity index (χ3v) is 2.04. The minimum absolute atomic E-state index is 0.332. The van der Waals surface area contributed by atoms with E-state index in [1.165, 1.54) is 0 Å². The molecule has 0 bridgehead atoms. The fourth-order valence-corrected chi connectivity index (χ4v) is 0.981. The van der Waals surface area contributed by atoms with Gasteiger partial charge in [-0.1, -0.05) is 18.2 Å². The molecule has 0 fully saturated rings. The first-order valence-corrected chi connectivity index (χ1v) is 4.05. The van der Waals surface area contributed by atoms with E-state index < -0.39 is 0 Å². The fraction of sp³-hybridized carbons (Fsp3) is 0.333. The van der Waals surface area contributed by atoms with Crippen molar-refractivity contribution in [3.63, 3.8) is 0 Å². The summed E-state index contributed by atoms with van der Waals surface area (Å²) >= 11 is 5.97. The SMILES string of the molecule is CC(C)N(Cl)c1ccccc1. The molecule has 0 aliphatic heterocycles. The Bertz CT molecular complexity index is 208. The third kappa shape index (κ3) is 2.12. The zero-order valence-corrected chi connectivity index (χ0v) is 7.55. The quantitative estimate of drug-likeness (QED) is 0.616. The van der Waals surface area contributed by atoms with E-state index in [-0.39, 0.29) is 0 Å². The van der Waals surface area contributed by atoms with Crippen LogP contribution in [0.15, 0.2) is 30.3 Å². The zero-order valence-electron chi connectivity index (χ0n) is 6.79. The van der Waals surface area contributed by atoms with Crippen LogP contribution in [0.4, 0.5) is 5.69 Å². The molecule has 0 spiro atoms. The van der Waals surface area contributed by atoms with Gasteiger partial charge in [0, 0.05) is 17.8 Å². The number of para-hydroxylation sites is 1. The molecule has 0 atom stereocenters. The first-order valence-electron chi connectivity index (χ1n) is 3.72. The molecular formula is C9H12ClN. The molecule has 1 nitrogen and oxygen atoms in total. The molecule has 1 aromatic rings. The first kappa shape index (κ1) is 8.41. The molecule has 0 amide bonds. The molecular weight excluding hydrogens is 158 g/mol. The van der Waals surface area contributed by atoms with Gasteiger partial charge in [-0.2, -0.15) is 0 Å². The minimum atomic E-state index is 0.332. The summed E-state index contributed by atoms with van der Waals surface area (Å²) in [5.74, 6) is 0. The highest BCUT2D eigenvalue weighted by molar-refractivity contribution is 6.25. The van der Waals surface area contributed by atoms with E-state index in [0.29, 0.717) is 6.04 Å². The zero-order chi connectivity index (χ0) is 8.27. The van der Waals surface area contributed by atoms with Crippen molar-refractivity contribution in [2.75, 3.05) is 4.42 Å². The molecule has 0 aliphatic rings. The second kappa shape index (κ2) is 3.63. The Kier molecular flexibility index (Phi) is 2.77. The van der Waals surface area contributed by atoms with Crippen LogP contribution in [0.2, 0.25) is 0 Å². The number of anilines is 1. The highest BCUT2D eigenvalue weighted by Gasteiger charge is 2.04. The summed E-state index contributed by atoms with van der Waals surface area (Å²) in [5.41, 5.74) is 1.05. The molecule has 11 heavy (non-hydrogen) atoms. The molecule has 1 aromatic carbocycles. The molecule has 0 saturated heterocycles. The largest absolute Gasteiger partial charge is 0.283 e. The maximum atomic E-state index is 5.97. The van der Waals surface area contributed by atoms with Crippen LogP contribution in [0.25, 0.3) is 0 Å². The van der Waals surface area contributed by atoms with Gasteiger partial charge in [-0.3, -0.25) is 4.42 Å². The van der Waals surface area contributed by atoms with E-state index in [1.54, 1.807) is 4.42 Å². The van der Waals surface area contributed by atoms with Gasteiger partial charge in [-0.25, -0.2) is 0 Å². The molecule has 2 heteroatoms. The summed E-state index contributed by atoms with van der Waals surface area (Å²) in [6, 6.07) is 10.3. The van der Waals surface area contributed by atoms with Crippen molar-refractivity contribution in [2.24, 2.45) is 0 Å². The number of halogens is 1. The van der Waals surface area contributed by atoms with Gasteiger partial charge in [0.2, 0.25) is 0 Å². The van der Waals surface area contributed by atoms with Crippen molar-refractivity contribution in [3.05, 3.63) is 30.3 Å². The van der Waals surface area contributed by atoms with Gasteiger partial charge in [0.25, 0.3) is 0 Å². The van der Waals surface area contributed by atoms with Crippen LogP contribution in [-0.2, 0) is 0 Å². The van der Waals surface area contributed by atoms with Crippen molar-refractivity contribution in [3.8, 4) is 0 Å². The van der Waals surface area contributed by atoms with Gasteiger partial charge in [0.05, 0.1) is 5.69 Å². The molecule has 1 rings (SSSR count). The maximum Gasteiger partial charge on any atom is 0.0526 e. The van der Waals surface area contributed by atoms with Crippen molar-refractivity contribution in [1.82, 2.24) is 0 Å². The lowest BCUT2D eigenvalue weighted by molar-refractivity contribution is 0.829. The normalized spacial score (nSPS) is 10.2. The van der Waals surface area contributed by atoms with Gasteiger partial charge in [0.15, 0.2) is 0 Å². The van der Waals surface area contributed by atoms with Crippen LogP contribution in [0, 0.1) is 0 Å². The molecule has 60 valence electrons. The van der Waals surface area contributed by atoms with Crippen LogP contribution in [-0.4, -0.2) is 6.04 Å². The van der Waals surface area contributed by atoms with Crippen molar-refractivity contribution in [2.45, 2.75) is 19.9 Å². The second-order valence-electron chi connectivity index (χ2n) is 2.74. The molecule has 0 saturated carbocycles. The summed E-state index contributed by atoms with van der Waals surface area (Å²) in [5, 5.41) is 0. The predicted molar refractivity (Wildman–Crippen MR) is 49.9 cm³/mol. The summed E-state index contributed by atoms with van der Waals surface area (Å²) in [7, 11) is 0. The highest BCUT2D eigenvalue weighted by atomic mass is 35.5. The number of benzene rings is 1. The van der Waals surface area contributed by atoms with E-state index >= 15 is 0 Å². The van der Waals surface area contributed by atoms with Crippen molar-refractivity contribution < 1.29 is 0 Å². The lowest BCUT2D eigenvalue weighted by Gasteiger charge is -2.19. The topological polar surface area (TPSA) is 3.24 Å². The summed E-state index contributed by atoms with van der Waals surface area (Å²) in [6.45, 7) is 4.11. The Morgan fingerprint density at radius 2 is 1.73 bits per heavy atom. The third-order valence-electron chi connectivity index (χ3n) is 1.46. The van der Waals surface area contributed by atoms with E-state index in [1.807, 2.05) is 30.3 Å². The monoisotopic (exact) mass is 169 g/mol. The molecule has 0 heterocycles. The number of nitrogens with zero attached hydrogens (tertiary/aromatic N) is 1. The Morgan fingerprint density at radius 1 is 1.18 bits per heavy atom. The standard InChI is InChI=1S/C9H12ClN/c1-8(2)11(10)9-6-4-3-5-7-9/h3-8H,1-2H3. The van der Waals surface area contributed by atoms with Gasteiger partial charge >= 0.3 is 0 Å². The predicted octanol–water partition coefficient (Wildman–Crippen LogP) is 3.06. The summed E-state index contributed by atoms with van der Waals surface area (Å²) < 4.78 is 1.72. The Hall–Kier alpha value is -0.690. The van der Waals surface area contributed by atoms with Gasteiger partial charge in [0.1, 0.15) is 0 Å². The molecule has 0 N–H and O–H groups in total. The molecule has 0 aliphatic carbocycles. The van der Waals surface area contributed by atoms with Crippen LogP contribution in [0.3, 0.4) is 0 Å². The molecule has 0 aromatic heterocycles. The Labute approximate surface area is 72.7 Å². The van der Waals surface area contributed by atoms with Crippen molar-refractivity contribution in [1.29, 1.82) is 0 Å². The first-order chi connectivity index (χ1) is 5.22. The van der Waals surface area contributed by atoms with Crippen LogP contribution in [0.1, 0.15) is 13.8 Å². The Balaban J connectivity index is 2.77. The van der Waals surface area contributed by atoms with E-state index in [2.05, 4.69) is 13.8 Å². The smallest absolute Gasteiger partial charge is 0.0526 e. The lowest BCUT2D eigenvalue weighted by atomic mass is 10.3. The van der Waals surface area contributed by atoms with E-state index in [0.717, 1.165) is 5.69 Å².